The van der Waals surface area contributed by atoms with E-state index in [1.54, 1.807) is 13.8 Å². The summed E-state index contributed by atoms with van der Waals surface area (Å²) in [6, 6.07) is 2.17. The van der Waals surface area contributed by atoms with Crippen LogP contribution in [0.4, 0.5) is 0 Å². The standard InChI is InChI=1S/C11H21N3O2S/c1-4-11(9-12)13-5-7-14(8-6-13)17(15,16)10(2)3/h10-11H,4-8H2,1-3H3. The molecule has 5 nitrogen and oxygen atoms in total. The Morgan fingerprint density at radius 1 is 1.24 bits per heavy atom. The Labute approximate surface area is 104 Å². The van der Waals surface area contributed by atoms with Crippen LogP contribution < -0.4 is 0 Å². The van der Waals surface area contributed by atoms with Gasteiger partial charge >= 0.3 is 0 Å². The molecule has 0 amide bonds. The van der Waals surface area contributed by atoms with Crippen LogP contribution in [0.1, 0.15) is 27.2 Å². The molecule has 0 spiro atoms. The minimum atomic E-state index is -3.14. The van der Waals surface area contributed by atoms with E-state index in [2.05, 4.69) is 11.0 Å². The van der Waals surface area contributed by atoms with Gasteiger partial charge in [-0.3, -0.25) is 4.90 Å². The summed E-state index contributed by atoms with van der Waals surface area (Å²) in [7, 11) is -3.14. The number of hydrogen-bond donors (Lipinski definition) is 0. The number of hydrogen-bond acceptors (Lipinski definition) is 4. The fourth-order valence-electron chi connectivity index (χ4n) is 2.00. The van der Waals surface area contributed by atoms with Crippen molar-refractivity contribution in [3.8, 4) is 6.07 Å². The first-order valence-electron chi connectivity index (χ1n) is 6.06. The third-order valence-corrected chi connectivity index (χ3v) is 5.48. The summed E-state index contributed by atoms with van der Waals surface area (Å²) in [6.45, 7) is 7.68. The highest BCUT2D eigenvalue weighted by molar-refractivity contribution is 7.89. The number of nitriles is 1. The van der Waals surface area contributed by atoms with Crippen LogP contribution in [0.15, 0.2) is 0 Å². The van der Waals surface area contributed by atoms with Gasteiger partial charge in [0.2, 0.25) is 10.0 Å². The first-order chi connectivity index (χ1) is 7.93. The van der Waals surface area contributed by atoms with Crippen molar-refractivity contribution in [2.75, 3.05) is 26.2 Å². The topological polar surface area (TPSA) is 64.4 Å². The van der Waals surface area contributed by atoms with E-state index in [0.29, 0.717) is 26.2 Å². The zero-order valence-electron chi connectivity index (χ0n) is 10.8. The maximum atomic E-state index is 11.9. The van der Waals surface area contributed by atoms with Crippen molar-refractivity contribution in [1.29, 1.82) is 5.26 Å². The summed E-state index contributed by atoms with van der Waals surface area (Å²) < 4.78 is 25.4. The third kappa shape index (κ3) is 3.18. The van der Waals surface area contributed by atoms with Gasteiger partial charge in [-0.1, -0.05) is 6.92 Å². The van der Waals surface area contributed by atoms with Gasteiger partial charge in [0, 0.05) is 26.2 Å². The predicted octanol–water partition coefficient (Wildman–Crippen LogP) is 0.644. The first-order valence-corrected chi connectivity index (χ1v) is 7.56. The van der Waals surface area contributed by atoms with E-state index < -0.39 is 10.0 Å². The predicted molar refractivity (Wildman–Crippen MR) is 66.9 cm³/mol. The SMILES string of the molecule is CCC(C#N)N1CCN(S(=O)(=O)C(C)C)CC1. The molecule has 1 atom stereocenters. The lowest BCUT2D eigenvalue weighted by Gasteiger charge is -2.36. The summed E-state index contributed by atoms with van der Waals surface area (Å²) in [5, 5.41) is 8.60. The molecule has 0 radical (unpaired) electrons. The Bertz CT molecular complexity index is 378. The highest BCUT2D eigenvalue weighted by Gasteiger charge is 2.31. The molecule has 1 unspecified atom stereocenters. The van der Waals surface area contributed by atoms with Crippen LogP contribution in [0, 0.1) is 11.3 Å². The van der Waals surface area contributed by atoms with Gasteiger partial charge in [0.25, 0.3) is 0 Å². The van der Waals surface area contributed by atoms with E-state index in [-0.39, 0.29) is 11.3 Å². The monoisotopic (exact) mass is 259 g/mol. The maximum absolute atomic E-state index is 11.9. The lowest BCUT2D eigenvalue weighted by atomic mass is 10.2. The molecule has 1 saturated heterocycles. The van der Waals surface area contributed by atoms with Crippen molar-refractivity contribution in [3.63, 3.8) is 0 Å². The maximum Gasteiger partial charge on any atom is 0.216 e. The Balaban J connectivity index is 2.61. The summed E-state index contributed by atoms with van der Waals surface area (Å²) >= 11 is 0. The highest BCUT2D eigenvalue weighted by atomic mass is 32.2. The van der Waals surface area contributed by atoms with Gasteiger partial charge in [0.15, 0.2) is 0 Å². The largest absolute Gasteiger partial charge is 0.285 e. The van der Waals surface area contributed by atoms with E-state index >= 15 is 0 Å². The molecule has 1 aliphatic rings. The molecule has 0 aliphatic carbocycles. The summed E-state index contributed by atoms with van der Waals surface area (Å²) in [5.41, 5.74) is 0. The number of sulfonamides is 1. The Morgan fingerprint density at radius 2 is 1.76 bits per heavy atom. The fraction of sp³-hybridized carbons (Fsp3) is 0.909. The van der Waals surface area contributed by atoms with E-state index in [4.69, 9.17) is 5.26 Å². The Kier molecular flexibility index (Phi) is 4.92. The third-order valence-electron chi connectivity index (χ3n) is 3.21. The second kappa shape index (κ2) is 5.80. The van der Waals surface area contributed by atoms with E-state index in [9.17, 15) is 8.42 Å². The number of piperazine rings is 1. The molecule has 0 aromatic carbocycles. The lowest BCUT2D eigenvalue weighted by Crippen LogP contribution is -2.52. The van der Waals surface area contributed by atoms with Gasteiger partial charge in [0.1, 0.15) is 0 Å². The summed E-state index contributed by atoms with van der Waals surface area (Å²) in [4.78, 5) is 2.06. The van der Waals surface area contributed by atoms with Crippen molar-refractivity contribution in [1.82, 2.24) is 9.21 Å². The van der Waals surface area contributed by atoms with Gasteiger partial charge in [-0.25, -0.2) is 8.42 Å². The second-order valence-corrected chi connectivity index (χ2v) is 7.07. The summed E-state index contributed by atoms with van der Waals surface area (Å²) in [6.07, 6.45) is 0.785. The number of nitrogens with zero attached hydrogens (tertiary/aromatic N) is 3. The van der Waals surface area contributed by atoms with Crippen molar-refractivity contribution in [2.45, 2.75) is 38.5 Å². The van der Waals surface area contributed by atoms with E-state index in [1.807, 2.05) is 6.92 Å². The molecular formula is C11H21N3O2S. The van der Waals surface area contributed by atoms with E-state index in [0.717, 1.165) is 6.42 Å². The van der Waals surface area contributed by atoms with Crippen LogP contribution >= 0.6 is 0 Å². The smallest absolute Gasteiger partial charge is 0.216 e. The Hall–Kier alpha value is -0.640. The lowest BCUT2D eigenvalue weighted by molar-refractivity contribution is 0.159. The van der Waals surface area contributed by atoms with Crippen LogP contribution in [-0.2, 0) is 10.0 Å². The molecule has 0 N–H and O–H groups in total. The molecular weight excluding hydrogens is 238 g/mol. The van der Waals surface area contributed by atoms with Crippen molar-refractivity contribution in [2.24, 2.45) is 0 Å². The molecule has 17 heavy (non-hydrogen) atoms. The highest BCUT2D eigenvalue weighted by Crippen LogP contribution is 2.14. The van der Waals surface area contributed by atoms with Crippen LogP contribution in [0.2, 0.25) is 0 Å². The molecule has 1 rings (SSSR count). The molecule has 0 saturated carbocycles. The average Bonchev–Trinajstić information content (AvgIpc) is 2.31. The van der Waals surface area contributed by atoms with Crippen LogP contribution in [0.3, 0.4) is 0 Å². The minimum Gasteiger partial charge on any atom is -0.285 e. The average molecular weight is 259 g/mol. The molecule has 0 aromatic heterocycles. The van der Waals surface area contributed by atoms with Crippen LogP contribution in [0.5, 0.6) is 0 Å². The normalized spacial score (nSPS) is 21.4. The minimum absolute atomic E-state index is 0.0843. The van der Waals surface area contributed by atoms with Gasteiger partial charge < -0.3 is 0 Å². The van der Waals surface area contributed by atoms with Gasteiger partial charge in [-0.05, 0) is 20.3 Å². The van der Waals surface area contributed by atoms with Crippen LogP contribution in [-0.4, -0.2) is 55.1 Å². The van der Waals surface area contributed by atoms with E-state index in [1.165, 1.54) is 4.31 Å². The van der Waals surface area contributed by atoms with Crippen LogP contribution in [0.25, 0.3) is 0 Å². The van der Waals surface area contributed by atoms with Gasteiger partial charge in [-0.2, -0.15) is 9.57 Å². The van der Waals surface area contributed by atoms with Gasteiger partial charge in [0.05, 0.1) is 17.4 Å². The second-order valence-electron chi connectivity index (χ2n) is 4.58. The first kappa shape index (κ1) is 14.4. The fourth-order valence-corrected chi connectivity index (χ4v) is 3.27. The van der Waals surface area contributed by atoms with Crippen molar-refractivity contribution >= 4 is 10.0 Å². The molecule has 98 valence electrons. The molecule has 6 heteroatoms. The summed E-state index contributed by atoms with van der Waals surface area (Å²) in [5.74, 6) is 0. The quantitative estimate of drug-likeness (QED) is 0.743. The number of rotatable bonds is 4. The van der Waals surface area contributed by atoms with Gasteiger partial charge in [-0.15, -0.1) is 0 Å². The molecule has 1 heterocycles. The molecule has 1 fully saturated rings. The zero-order valence-corrected chi connectivity index (χ0v) is 11.6. The molecule has 1 aliphatic heterocycles. The molecule has 0 aromatic rings. The molecule has 0 bridgehead atoms. The van der Waals surface area contributed by atoms with Crippen molar-refractivity contribution < 1.29 is 8.42 Å². The Morgan fingerprint density at radius 3 is 2.12 bits per heavy atom. The van der Waals surface area contributed by atoms with Crippen molar-refractivity contribution in [3.05, 3.63) is 0 Å². The zero-order chi connectivity index (χ0) is 13.1.